The highest BCUT2D eigenvalue weighted by Gasteiger charge is 2.15. The Balaban J connectivity index is 1.47. The van der Waals surface area contributed by atoms with Crippen LogP contribution in [0.25, 0.3) is 21.4 Å². The minimum Gasteiger partial charge on any atom is -0.465 e. The lowest BCUT2D eigenvalue weighted by Crippen LogP contribution is -2.15. The summed E-state index contributed by atoms with van der Waals surface area (Å²) in [4.78, 5) is 35.1. The SMILES string of the molecule is COC(=O)c1cccc(-c2ccc(C=NNC(=O)c3cc4cc([N+](=O)[O-])ccc4s3)o2)c1C. The molecule has 0 saturated heterocycles. The maximum Gasteiger partial charge on any atom is 0.338 e. The van der Waals surface area contributed by atoms with E-state index in [1.54, 1.807) is 43.3 Å². The molecule has 0 unspecified atom stereocenters. The number of nitrogens with one attached hydrogen (secondary N) is 1. The van der Waals surface area contributed by atoms with Crippen LogP contribution >= 0.6 is 11.3 Å². The van der Waals surface area contributed by atoms with Crippen molar-refractivity contribution in [2.75, 3.05) is 7.11 Å². The number of esters is 1. The number of thiophene rings is 1. The minimum absolute atomic E-state index is 0.0359. The molecule has 0 atom stereocenters. The lowest BCUT2D eigenvalue weighted by atomic mass is 10.0. The Bertz CT molecular complexity index is 1420. The summed E-state index contributed by atoms with van der Waals surface area (Å²) in [6.07, 6.45) is 1.36. The summed E-state index contributed by atoms with van der Waals surface area (Å²) in [6, 6.07) is 14.7. The minimum atomic E-state index is -0.480. The van der Waals surface area contributed by atoms with Gasteiger partial charge in [0.05, 0.1) is 28.7 Å². The van der Waals surface area contributed by atoms with Crippen LogP contribution in [0.5, 0.6) is 0 Å². The van der Waals surface area contributed by atoms with Crippen molar-refractivity contribution < 1.29 is 23.7 Å². The standard InChI is InChI=1S/C23H17N3O6S/c1-13-17(4-3-5-18(13)23(28)31-2)19-8-7-16(32-19)12-24-25-22(27)21-11-14-10-15(26(29)30)6-9-20(14)33-21/h3-12H,1-2H3,(H,25,27). The maximum atomic E-state index is 12.4. The van der Waals surface area contributed by atoms with E-state index < -0.39 is 16.8 Å². The molecular weight excluding hydrogens is 446 g/mol. The Morgan fingerprint density at radius 3 is 2.76 bits per heavy atom. The molecule has 0 saturated carbocycles. The van der Waals surface area contributed by atoms with Crippen LogP contribution < -0.4 is 5.43 Å². The number of nitrogens with zero attached hydrogens (tertiary/aromatic N) is 2. The number of furan rings is 1. The van der Waals surface area contributed by atoms with Crippen molar-refractivity contribution in [3.05, 3.63) is 86.5 Å². The maximum absolute atomic E-state index is 12.4. The topological polar surface area (TPSA) is 124 Å². The number of carbonyl (C=O) groups excluding carboxylic acids is 2. The number of non-ortho nitro benzene ring substituents is 1. The highest BCUT2D eigenvalue weighted by molar-refractivity contribution is 7.20. The Morgan fingerprint density at radius 1 is 1.18 bits per heavy atom. The van der Waals surface area contributed by atoms with Crippen molar-refractivity contribution in [3.8, 4) is 11.3 Å². The average Bonchev–Trinajstić information content (AvgIpc) is 3.45. The summed E-state index contributed by atoms with van der Waals surface area (Å²) < 4.78 is 11.3. The van der Waals surface area contributed by atoms with Crippen LogP contribution in [0.3, 0.4) is 0 Å². The number of carbonyl (C=O) groups is 2. The average molecular weight is 463 g/mol. The van der Waals surface area contributed by atoms with Crippen molar-refractivity contribution in [3.63, 3.8) is 0 Å². The van der Waals surface area contributed by atoms with E-state index in [4.69, 9.17) is 9.15 Å². The molecule has 10 heteroatoms. The number of rotatable bonds is 6. The van der Waals surface area contributed by atoms with E-state index in [2.05, 4.69) is 10.5 Å². The number of fused-ring (bicyclic) bond motifs is 1. The molecule has 0 aliphatic heterocycles. The van der Waals surface area contributed by atoms with Crippen molar-refractivity contribution in [1.29, 1.82) is 0 Å². The molecule has 33 heavy (non-hydrogen) atoms. The predicted molar refractivity (Wildman–Crippen MR) is 124 cm³/mol. The first kappa shape index (κ1) is 21.9. The molecule has 1 amide bonds. The van der Waals surface area contributed by atoms with Crippen LogP contribution in [0.2, 0.25) is 0 Å². The summed E-state index contributed by atoms with van der Waals surface area (Å²) in [5, 5.41) is 15.5. The van der Waals surface area contributed by atoms with Gasteiger partial charge in [0.25, 0.3) is 11.6 Å². The number of ether oxygens (including phenoxy) is 1. The molecule has 0 aliphatic carbocycles. The molecule has 9 nitrogen and oxygen atoms in total. The lowest BCUT2D eigenvalue weighted by Gasteiger charge is -2.07. The van der Waals surface area contributed by atoms with E-state index in [9.17, 15) is 19.7 Å². The van der Waals surface area contributed by atoms with Crippen LogP contribution in [0, 0.1) is 17.0 Å². The normalized spacial score (nSPS) is 11.1. The number of hydrogen-bond donors (Lipinski definition) is 1. The number of methoxy groups -OCH3 is 1. The largest absolute Gasteiger partial charge is 0.465 e. The van der Waals surface area contributed by atoms with Crippen molar-refractivity contribution in [2.45, 2.75) is 6.92 Å². The van der Waals surface area contributed by atoms with Gasteiger partial charge in [0.15, 0.2) is 0 Å². The highest BCUT2D eigenvalue weighted by atomic mass is 32.1. The molecule has 2 aromatic carbocycles. The van der Waals surface area contributed by atoms with E-state index in [1.807, 2.05) is 6.07 Å². The molecule has 166 valence electrons. The van der Waals surface area contributed by atoms with Gasteiger partial charge in [0, 0.05) is 27.8 Å². The summed E-state index contributed by atoms with van der Waals surface area (Å²) in [6.45, 7) is 1.80. The molecule has 0 aliphatic rings. The monoisotopic (exact) mass is 463 g/mol. The number of hydrogen-bond acceptors (Lipinski definition) is 8. The van der Waals surface area contributed by atoms with E-state index >= 15 is 0 Å². The lowest BCUT2D eigenvalue weighted by molar-refractivity contribution is -0.384. The zero-order chi connectivity index (χ0) is 23.5. The predicted octanol–water partition coefficient (Wildman–Crippen LogP) is 4.93. The molecule has 4 rings (SSSR count). The zero-order valence-corrected chi connectivity index (χ0v) is 18.3. The molecule has 1 N–H and O–H groups in total. The van der Waals surface area contributed by atoms with Crippen LogP contribution in [0.1, 0.15) is 31.4 Å². The molecular formula is C23H17N3O6S. The number of amides is 1. The second kappa shape index (κ2) is 9.05. The first-order chi connectivity index (χ1) is 15.9. The second-order valence-corrected chi connectivity index (χ2v) is 8.04. The zero-order valence-electron chi connectivity index (χ0n) is 17.5. The quantitative estimate of drug-likeness (QED) is 0.187. The van der Waals surface area contributed by atoms with Gasteiger partial charge in [-0.25, -0.2) is 10.2 Å². The van der Waals surface area contributed by atoms with E-state index in [0.29, 0.717) is 27.3 Å². The number of nitro groups is 1. The van der Waals surface area contributed by atoms with Gasteiger partial charge in [-0.2, -0.15) is 5.10 Å². The third-order valence-electron chi connectivity index (χ3n) is 4.92. The highest BCUT2D eigenvalue weighted by Crippen LogP contribution is 2.29. The van der Waals surface area contributed by atoms with E-state index in [1.165, 1.54) is 36.8 Å². The first-order valence-corrected chi connectivity index (χ1v) is 10.5. The van der Waals surface area contributed by atoms with Crippen molar-refractivity contribution in [2.24, 2.45) is 5.10 Å². The summed E-state index contributed by atoms with van der Waals surface area (Å²) >= 11 is 1.21. The second-order valence-electron chi connectivity index (χ2n) is 6.96. The van der Waals surface area contributed by atoms with Crippen molar-refractivity contribution >= 4 is 45.2 Å². The van der Waals surface area contributed by atoms with Gasteiger partial charge in [-0.05, 0) is 42.8 Å². The van der Waals surface area contributed by atoms with Gasteiger partial charge in [-0.15, -0.1) is 11.3 Å². The molecule has 0 bridgehead atoms. The summed E-state index contributed by atoms with van der Waals surface area (Å²) in [5.41, 5.74) is 4.29. The fourth-order valence-electron chi connectivity index (χ4n) is 3.27. The van der Waals surface area contributed by atoms with E-state index in [-0.39, 0.29) is 5.69 Å². The fourth-order valence-corrected chi connectivity index (χ4v) is 4.20. The van der Waals surface area contributed by atoms with Gasteiger partial charge in [-0.3, -0.25) is 14.9 Å². The Labute approximate surface area is 191 Å². The Morgan fingerprint density at radius 2 is 2.00 bits per heavy atom. The smallest absolute Gasteiger partial charge is 0.338 e. The molecule has 2 heterocycles. The van der Waals surface area contributed by atoms with Gasteiger partial charge < -0.3 is 9.15 Å². The van der Waals surface area contributed by atoms with Gasteiger partial charge in [0.2, 0.25) is 0 Å². The van der Waals surface area contributed by atoms with E-state index in [0.717, 1.165) is 15.8 Å². The molecule has 0 radical (unpaired) electrons. The van der Waals surface area contributed by atoms with Crippen LogP contribution in [0.4, 0.5) is 5.69 Å². The molecule has 0 spiro atoms. The van der Waals surface area contributed by atoms with Crippen molar-refractivity contribution in [1.82, 2.24) is 5.43 Å². The third kappa shape index (κ3) is 4.51. The van der Waals surface area contributed by atoms with Crippen LogP contribution in [-0.2, 0) is 4.74 Å². The van der Waals surface area contributed by atoms with Gasteiger partial charge >= 0.3 is 5.97 Å². The molecule has 2 aromatic heterocycles. The first-order valence-electron chi connectivity index (χ1n) is 9.67. The molecule has 4 aromatic rings. The summed E-state index contributed by atoms with van der Waals surface area (Å²) in [5.74, 6) is 0.0713. The van der Waals surface area contributed by atoms with Gasteiger partial charge in [0.1, 0.15) is 11.5 Å². The Hall–Kier alpha value is -4.31. The summed E-state index contributed by atoms with van der Waals surface area (Å²) in [7, 11) is 1.33. The molecule has 0 fully saturated rings. The third-order valence-corrected chi connectivity index (χ3v) is 6.04. The Kier molecular flexibility index (Phi) is 6.01. The van der Waals surface area contributed by atoms with Gasteiger partial charge in [-0.1, -0.05) is 12.1 Å². The van der Waals surface area contributed by atoms with Crippen LogP contribution in [0.15, 0.2) is 64.1 Å². The fraction of sp³-hybridized carbons (Fsp3) is 0.0870. The number of nitro benzene ring substituents is 1. The number of benzene rings is 2. The van der Waals surface area contributed by atoms with Crippen LogP contribution in [-0.4, -0.2) is 30.1 Å². The number of hydrazone groups is 1.